The first kappa shape index (κ1) is 26.0. The normalized spacial score (nSPS) is 14.0. The second kappa shape index (κ2) is 11.7. The molecule has 3 aromatic rings. The molecule has 0 fully saturated rings. The lowest BCUT2D eigenvalue weighted by molar-refractivity contribution is -0.115. The van der Waals surface area contributed by atoms with Crippen LogP contribution < -0.4 is 10.6 Å². The summed E-state index contributed by atoms with van der Waals surface area (Å²) in [5.74, 6) is -0.224. The maximum atomic E-state index is 13.1. The van der Waals surface area contributed by atoms with E-state index in [0.29, 0.717) is 21.5 Å². The predicted octanol–water partition coefficient (Wildman–Crippen LogP) is 3.96. The molecule has 1 aliphatic rings. The highest BCUT2D eigenvalue weighted by molar-refractivity contribution is 8.00. The number of furan rings is 1. The molecule has 1 unspecified atom stereocenters. The average Bonchev–Trinajstić information content (AvgIpc) is 3.55. The number of amides is 2. The number of esters is 1. The van der Waals surface area contributed by atoms with Crippen LogP contribution in [-0.2, 0) is 36.0 Å². The van der Waals surface area contributed by atoms with Crippen LogP contribution in [0.1, 0.15) is 70.3 Å². The minimum absolute atomic E-state index is 0.161. The van der Waals surface area contributed by atoms with Crippen molar-refractivity contribution in [1.82, 2.24) is 20.1 Å². The van der Waals surface area contributed by atoms with Crippen LogP contribution in [0.3, 0.4) is 0 Å². The molecule has 1 aliphatic carbocycles. The van der Waals surface area contributed by atoms with Gasteiger partial charge in [-0.25, -0.2) is 4.79 Å². The molecule has 12 heteroatoms. The van der Waals surface area contributed by atoms with Crippen LogP contribution in [0.25, 0.3) is 0 Å². The van der Waals surface area contributed by atoms with E-state index < -0.39 is 5.25 Å². The Bertz CT molecular complexity index is 1230. The molecule has 10 nitrogen and oxygen atoms in total. The highest BCUT2D eigenvalue weighted by Gasteiger charge is 2.28. The van der Waals surface area contributed by atoms with Crippen LogP contribution in [0, 0.1) is 0 Å². The first-order valence-electron chi connectivity index (χ1n) is 11.9. The molecule has 0 aliphatic heterocycles. The van der Waals surface area contributed by atoms with E-state index in [4.69, 9.17) is 9.15 Å². The van der Waals surface area contributed by atoms with Crippen LogP contribution in [0.5, 0.6) is 0 Å². The Morgan fingerprint density at radius 1 is 1.25 bits per heavy atom. The Hall–Kier alpha value is -3.12. The Labute approximate surface area is 217 Å². The monoisotopic (exact) mass is 531 g/mol. The molecule has 36 heavy (non-hydrogen) atoms. The highest BCUT2D eigenvalue weighted by atomic mass is 32.2. The number of carbonyl (C=O) groups is 3. The first-order chi connectivity index (χ1) is 17.4. The van der Waals surface area contributed by atoms with Crippen LogP contribution >= 0.6 is 23.1 Å². The summed E-state index contributed by atoms with van der Waals surface area (Å²) in [7, 11) is 1.77. The van der Waals surface area contributed by atoms with Crippen LogP contribution in [-0.4, -0.2) is 44.4 Å². The summed E-state index contributed by atoms with van der Waals surface area (Å²) in [6.07, 6.45) is 6.38. The number of hydrogen-bond donors (Lipinski definition) is 2. The van der Waals surface area contributed by atoms with Gasteiger partial charge in [0, 0.05) is 11.9 Å². The zero-order chi connectivity index (χ0) is 25.7. The number of aromatic nitrogens is 3. The number of carbonyl (C=O) groups excluding carboxylic acids is 3. The molecular formula is C24H29N5O5S2. The Kier molecular flexibility index (Phi) is 8.47. The van der Waals surface area contributed by atoms with Gasteiger partial charge in [-0.3, -0.25) is 9.59 Å². The van der Waals surface area contributed by atoms with Crippen LogP contribution in [0.4, 0.5) is 5.00 Å². The van der Waals surface area contributed by atoms with E-state index >= 15 is 0 Å². The van der Waals surface area contributed by atoms with Crippen molar-refractivity contribution in [2.45, 2.75) is 62.9 Å². The molecule has 2 amide bonds. The number of hydrogen-bond acceptors (Lipinski definition) is 9. The van der Waals surface area contributed by atoms with E-state index in [2.05, 4.69) is 20.8 Å². The standard InChI is InChI=1S/C24H29N5O5S2/c1-4-33-23(32)19-15-9-6-5-7-11-17(15)36-22(19)26-20(30)14(2)35-24-28-27-18(29(24)3)13-25-21(31)16-10-8-12-34-16/h8,10,12,14H,4-7,9,11,13H2,1-3H3,(H,25,31)(H,26,30). The van der Waals surface area contributed by atoms with Gasteiger partial charge in [-0.2, -0.15) is 0 Å². The number of fused-ring (bicyclic) bond motifs is 1. The van der Waals surface area contributed by atoms with Gasteiger partial charge in [0.2, 0.25) is 5.91 Å². The van der Waals surface area contributed by atoms with E-state index in [1.807, 2.05) is 0 Å². The van der Waals surface area contributed by atoms with Gasteiger partial charge in [-0.05, 0) is 57.2 Å². The van der Waals surface area contributed by atoms with Gasteiger partial charge in [-0.15, -0.1) is 21.5 Å². The Morgan fingerprint density at radius 2 is 2.06 bits per heavy atom. The lowest BCUT2D eigenvalue weighted by atomic mass is 10.1. The molecule has 0 saturated heterocycles. The summed E-state index contributed by atoms with van der Waals surface area (Å²) in [5, 5.41) is 14.6. The fourth-order valence-electron chi connectivity index (χ4n) is 3.93. The van der Waals surface area contributed by atoms with Gasteiger partial charge in [0.05, 0.1) is 30.2 Å². The maximum absolute atomic E-state index is 13.1. The van der Waals surface area contributed by atoms with Gasteiger partial charge in [-0.1, -0.05) is 18.2 Å². The van der Waals surface area contributed by atoms with Crippen molar-refractivity contribution in [1.29, 1.82) is 0 Å². The van der Waals surface area contributed by atoms with Gasteiger partial charge in [0.15, 0.2) is 16.7 Å². The second-order valence-electron chi connectivity index (χ2n) is 8.36. The van der Waals surface area contributed by atoms with Crippen LogP contribution in [0.15, 0.2) is 28.0 Å². The van der Waals surface area contributed by atoms with E-state index in [0.717, 1.165) is 42.5 Å². The van der Waals surface area contributed by atoms with Crippen molar-refractivity contribution in [2.75, 3.05) is 11.9 Å². The smallest absolute Gasteiger partial charge is 0.341 e. The quantitative estimate of drug-likeness (QED) is 0.241. The van der Waals surface area contributed by atoms with Crippen molar-refractivity contribution < 1.29 is 23.5 Å². The summed E-state index contributed by atoms with van der Waals surface area (Å²) in [5.41, 5.74) is 1.51. The molecule has 192 valence electrons. The fourth-order valence-corrected chi connectivity index (χ4v) is 6.04. The SMILES string of the molecule is CCOC(=O)c1c(NC(=O)C(C)Sc2nnc(CNC(=O)c3ccco3)n2C)sc2c1CCCCC2. The van der Waals surface area contributed by atoms with Gasteiger partial charge >= 0.3 is 5.97 Å². The number of aryl methyl sites for hydroxylation is 1. The molecule has 2 N–H and O–H groups in total. The minimum Gasteiger partial charge on any atom is -0.462 e. The van der Waals surface area contributed by atoms with Crippen molar-refractivity contribution in [2.24, 2.45) is 7.05 Å². The lowest BCUT2D eigenvalue weighted by Gasteiger charge is -2.12. The van der Waals surface area contributed by atoms with Crippen LogP contribution in [0.2, 0.25) is 0 Å². The third-order valence-corrected chi connectivity index (χ3v) is 8.21. The first-order valence-corrected chi connectivity index (χ1v) is 13.6. The molecule has 1 atom stereocenters. The number of thioether (sulfide) groups is 1. The van der Waals surface area contributed by atoms with Crippen molar-refractivity contribution >= 4 is 45.9 Å². The molecule has 4 rings (SSSR count). The molecule has 0 radical (unpaired) electrons. The van der Waals surface area contributed by atoms with Gasteiger partial charge in [0.25, 0.3) is 5.91 Å². The average molecular weight is 532 g/mol. The maximum Gasteiger partial charge on any atom is 0.341 e. The summed E-state index contributed by atoms with van der Waals surface area (Å²) < 4.78 is 12.1. The molecule has 0 saturated carbocycles. The fraction of sp³-hybridized carbons (Fsp3) is 0.458. The number of anilines is 1. The van der Waals surface area contributed by atoms with E-state index in [1.165, 1.54) is 29.4 Å². The summed E-state index contributed by atoms with van der Waals surface area (Å²) in [4.78, 5) is 39.1. The highest BCUT2D eigenvalue weighted by Crippen LogP contribution is 2.38. The predicted molar refractivity (Wildman–Crippen MR) is 136 cm³/mol. The molecule has 3 heterocycles. The number of rotatable bonds is 9. The van der Waals surface area contributed by atoms with E-state index in [1.54, 1.807) is 37.6 Å². The molecule has 0 aromatic carbocycles. The number of thiophene rings is 1. The van der Waals surface area contributed by atoms with Crippen molar-refractivity contribution in [3.63, 3.8) is 0 Å². The van der Waals surface area contributed by atoms with Gasteiger partial charge < -0.3 is 24.4 Å². The lowest BCUT2D eigenvalue weighted by Crippen LogP contribution is -2.24. The Balaban J connectivity index is 1.42. The topological polar surface area (TPSA) is 128 Å². The molecular weight excluding hydrogens is 502 g/mol. The summed E-state index contributed by atoms with van der Waals surface area (Å²) in [6.45, 7) is 3.99. The third kappa shape index (κ3) is 5.81. The van der Waals surface area contributed by atoms with E-state index in [9.17, 15) is 14.4 Å². The molecule has 0 spiro atoms. The van der Waals surface area contributed by atoms with E-state index in [-0.39, 0.29) is 36.7 Å². The third-order valence-electron chi connectivity index (χ3n) is 5.87. The zero-order valence-corrected chi connectivity index (χ0v) is 22.1. The summed E-state index contributed by atoms with van der Waals surface area (Å²) in [6, 6.07) is 3.22. The second-order valence-corrected chi connectivity index (χ2v) is 10.8. The van der Waals surface area contributed by atoms with Gasteiger partial charge in [0.1, 0.15) is 5.00 Å². The molecule has 0 bridgehead atoms. The number of nitrogens with one attached hydrogen (secondary N) is 2. The largest absolute Gasteiger partial charge is 0.462 e. The molecule has 3 aromatic heterocycles. The number of nitrogens with zero attached hydrogens (tertiary/aromatic N) is 3. The van der Waals surface area contributed by atoms with Crippen molar-refractivity contribution in [3.8, 4) is 0 Å². The zero-order valence-electron chi connectivity index (χ0n) is 20.5. The van der Waals surface area contributed by atoms with Crippen molar-refractivity contribution in [3.05, 3.63) is 46.0 Å². The Morgan fingerprint density at radius 3 is 2.81 bits per heavy atom. The summed E-state index contributed by atoms with van der Waals surface area (Å²) >= 11 is 2.72. The number of ether oxygens (including phenoxy) is 1. The minimum atomic E-state index is -0.504.